The van der Waals surface area contributed by atoms with Gasteiger partial charge in [-0.1, -0.05) is 19.8 Å². The highest BCUT2D eigenvalue weighted by Crippen LogP contribution is 2.12. The van der Waals surface area contributed by atoms with Gasteiger partial charge in [0.25, 0.3) is 0 Å². The van der Waals surface area contributed by atoms with Crippen LogP contribution < -0.4 is 5.73 Å². The van der Waals surface area contributed by atoms with Crippen molar-refractivity contribution in [1.29, 1.82) is 5.26 Å². The fourth-order valence-electron chi connectivity index (χ4n) is 0.771. The SMILES string of the molecule is CCCCCSCC(C)(N)C#N. The minimum atomic E-state index is -0.642. The molecule has 3 heteroatoms. The highest BCUT2D eigenvalue weighted by atomic mass is 32.2. The summed E-state index contributed by atoms with van der Waals surface area (Å²) >= 11 is 1.78. The quantitative estimate of drug-likeness (QED) is 0.647. The van der Waals surface area contributed by atoms with Gasteiger partial charge < -0.3 is 5.73 Å². The summed E-state index contributed by atoms with van der Waals surface area (Å²) in [4.78, 5) is 0. The second-order valence-corrected chi connectivity index (χ2v) is 4.39. The van der Waals surface area contributed by atoms with E-state index in [4.69, 9.17) is 11.0 Å². The lowest BCUT2D eigenvalue weighted by Crippen LogP contribution is -2.36. The van der Waals surface area contributed by atoms with Gasteiger partial charge in [-0.25, -0.2) is 0 Å². The molecule has 2 N–H and O–H groups in total. The first kappa shape index (κ1) is 11.8. The Hall–Kier alpha value is -0.200. The van der Waals surface area contributed by atoms with E-state index in [0.29, 0.717) is 0 Å². The minimum Gasteiger partial charge on any atom is -0.313 e. The third-order valence-corrected chi connectivity index (χ3v) is 2.93. The summed E-state index contributed by atoms with van der Waals surface area (Å²) in [7, 11) is 0. The molecule has 0 aliphatic rings. The molecule has 1 unspecified atom stereocenters. The minimum absolute atomic E-state index is 0.642. The lowest BCUT2D eigenvalue weighted by molar-refractivity contribution is 0.680. The summed E-state index contributed by atoms with van der Waals surface area (Å²) in [5.41, 5.74) is 5.01. The van der Waals surface area contributed by atoms with E-state index in [1.54, 1.807) is 18.7 Å². The molecule has 0 fully saturated rings. The van der Waals surface area contributed by atoms with Crippen molar-refractivity contribution in [2.45, 2.75) is 38.6 Å². The predicted octanol–water partition coefficient (Wildman–Crippen LogP) is 2.15. The summed E-state index contributed by atoms with van der Waals surface area (Å²) in [5, 5.41) is 8.61. The second-order valence-electron chi connectivity index (χ2n) is 3.29. The van der Waals surface area contributed by atoms with Crippen LogP contribution in [0.2, 0.25) is 0 Å². The van der Waals surface area contributed by atoms with Crippen LogP contribution >= 0.6 is 11.8 Å². The van der Waals surface area contributed by atoms with Crippen LogP contribution in [0, 0.1) is 11.3 Å². The van der Waals surface area contributed by atoms with Gasteiger partial charge >= 0.3 is 0 Å². The molecular formula is C9H18N2S. The Morgan fingerprint density at radius 2 is 2.17 bits per heavy atom. The zero-order valence-corrected chi connectivity index (χ0v) is 8.78. The number of rotatable bonds is 6. The summed E-state index contributed by atoms with van der Waals surface area (Å²) in [5.74, 6) is 1.87. The zero-order valence-electron chi connectivity index (χ0n) is 7.97. The van der Waals surface area contributed by atoms with Gasteiger partial charge in [0.15, 0.2) is 0 Å². The molecule has 2 nitrogen and oxygen atoms in total. The van der Waals surface area contributed by atoms with Gasteiger partial charge in [0, 0.05) is 5.75 Å². The van der Waals surface area contributed by atoms with E-state index >= 15 is 0 Å². The molecule has 0 amide bonds. The third kappa shape index (κ3) is 6.51. The molecule has 0 aromatic rings. The van der Waals surface area contributed by atoms with Crippen molar-refractivity contribution in [2.24, 2.45) is 5.73 Å². The molecule has 1 atom stereocenters. The van der Waals surface area contributed by atoms with Crippen molar-refractivity contribution < 1.29 is 0 Å². The molecule has 0 rings (SSSR count). The van der Waals surface area contributed by atoms with Gasteiger partial charge in [-0.15, -0.1) is 0 Å². The Morgan fingerprint density at radius 1 is 1.50 bits per heavy atom. The fraction of sp³-hybridized carbons (Fsp3) is 0.889. The van der Waals surface area contributed by atoms with Crippen LogP contribution in [-0.2, 0) is 0 Å². The first-order valence-corrected chi connectivity index (χ1v) is 5.55. The van der Waals surface area contributed by atoms with Gasteiger partial charge in [-0.3, -0.25) is 0 Å². The van der Waals surface area contributed by atoms with Gasteiger partial charge in [-0.05, 0) is 19.1 Å². The van der Waals surface area contributed by atoms with Gasteiger partial charge in [0.2, 0.25) is 0 Å². The standard InChI is InChI=1S/C9H18N2S/c1-3-4-5-6-12-8-9(2,11)7-10/h3-6,8,11H2,1-2H3. The number of nitriles is 1. The fourth-order valence-corrected chi connectivity index (χ4v) is 1.81. The van der Waals surface area contributed by atoms with E-state index in [9.17, 15) is 0 Å². The highest BCUT2D eigenvalue weighted by Gasteiger charge is 2.16. The molecule has 0 bridgehead atoms. The average Bonchev–Trinajstić information content (AvgIpc) is 2.04. The number of thioether (sulfide) groups is 1. The Bertz CT molecular complexity index is 149. The van der Waals surface area contributed by atoms with Crippen molar-refractivity contribution in [3.05, 3.63) is 0 Å². The molecule has 0 saturated heterocycles. The number of unbranched alkanes of at least 4 members (excludes halogenated alkanes) is 2. The Kier molecular flexibility index (Phi) is 6.23. The summed E-state index contributed by atoms with van der Waals surface area (Å²) in [6, 6.07) is 2.09. The van der Waals surface area contributed by atoms with E-state index in [1.807, 2.05) is 0 Å². The molecule has 70 valence electrons. The number of hydrogen-bond acceptors (Lipinski definition) is 3. The smallest absolute Gasteiger partial charge is 0.110 e. The molecule has 0 aromatic carbocycles. The monoisotopic (exact) mass is 186 g/mol. The maximum Gasteiger partial charge on any atom is 0.110 e. The van der Waals surface area contributed by atoms with Crippen LogP contribution in [0.25, 0.3) is 0 Å². The Labute approximate surface area is 79.5 Å². The first-order valence-electron chi connectivity index (χ1n) is 4.40. The molecule has 0 aliphatic heterocycles. The first-order chi connectivity index (χ1) is 5.62. The average molecular weight is 186 g/mol. The van der Waals surface area contributed by atoms with Crippen molar-refractivity contribution in [3.8, 4) is 6.07 Å². The lowest BCUT2D eigenvalue weighted by Gasteiger charge is -2.13. The van der Waals surface area contributed by atoms with Crippen LogP contribution in [0.1, 0.15) is 33.1 Å². The second kappa shape index (κ2) is 6.33. The normalized spacial score (nSPS) is 15.2. The van der Waals surface area contributed by atoms with Crippen molar-refractivity contribution >= 4 is 11.8 Å². The predicted molar refractivity (Wildman–Crippen MR) is 55.1 cm³/mol. The Morgan fingerprint density at radius 3 is 2.67 bits per heavy atom. The van der Waals surface area contributed by atoms with E-state index in [-0.39, 0.29) is 0 Å². The number of nitrogens with zero attached hydrogens (tertiary/aromatic N) is 1. The van der Waals surface area contributed by atoms with E-state index in [1.165, 1.54) is 19.3 Å². The van der Waals surface area contributed by atoms with Crippen molar-refractivity contribution in [3.63, 3.8) is 0 Å². The largest absolute Gasteiger partial charge is 0.313 e. The molecule has 0 aromatic heterocycles. The molecule has 0 radical (unpaired) electrons. The maximum atomic E-state index is 8.61. The van der Waals surface area contributed by atoms with Crippen LogP contribution in [-0.4, -0.2) is 17.0 Å². The number of nitrogens with two attached hydrogens (primary N) is 1. The molecular weight excluding hydrogens is 168 g/mol. The Balaban J connectivity index is 3.27. The van der Waals surface area contributed by atoms with Crippen LogP contribution in [0.15, 0.2) is 0 Å². The summed E-state index contributed by atoms with van der Waals surface area (Å²) < 4.78 is 0. The van der Waals surface area contributed by atoms with Gasteiger partial charge in [0.1, 0.15) is 5.54 Å². The van der Waals surface area contributed by atoms with Crippen molar-refractivity contribution in [2.75, 3.05) is 11.5 Å². The van der Waals surface area contributed by atoms with Crippen LogP contribution in [0.4, 0.5) is 0 Å². The maximum absolute atomic E-state index is 8.61. The topological polar surface area (TPSA) is 49.8 Å². The summed E-state index contributed by atoms with van der Waals surface area (Å²) in [6.07, 6.45) is 3.77. The van der Waals surface area contributed by atoms with Crippen LogP contribution in [0.3, 0.4) is 0 Å². The molecule has 0 heterocycles. The van der Waals surface area contributed by atoms with E-state index < -0.39 is 5.54 Å². The molecule has 12 heavy (non-hydrogen) atoms. The van der Waals surface area contributed by atoms with E-state index in [0.717, 1.165) is 11.5 Å². The van der Waals surface area contributed by atoms with Crippen molar-refractivity contribution in [1.82, 2.24) is 0 Å². The molecule has 0 aliphatic carbocycles. The lowest BCUT2D eigenvalue weighted by atomic mass is 10.1. The van der Waals surface area contributed by atoms with Crippen LogP contribution in [0.5, 0.6) is 0 Å². The summed E-state index contributed by atoms with van der Waals surface area (Å²) in [6.45, 7) is 3.97. The third-order valence-electron chi connectivity index (χ3n) is 1.55. The molecule has 0 saturated carbocycles. The zero-order chi connectivity index (χ0) is 9.45. The van der Waals surface area contributed by atoms with E-state index in [2.05, 4.69) is 13.0 Å². The highest BCUT2D eigenvalue weighted by molar-refractivity contribution is 7.99. The van der Waals surface area contributed by atoms with Gasteiger partial charge in [-0.2, -0.15) is 17.0 Å². The molecule has 0 spiro atoms. The number of hydrogen-bond donors (Lipinski definition) is 1. The van der Waals surface area contributed by atoms with Gasteiger partial charge in [0.05, 0.1) is 6.07 Å².